The molecule has 0 aromatic carbocycles. The molecule has 6 heteroatoms. The van der Waals surface area contributed by atoms with E-state index in [2.05, 4.69) is 24.8 Å². The van der Waals surface area contributed by atoms with Gasteiger partial charge in [-0.05, 0) is 31.2 Å². The van der Waals surface area contributed by atoms with Crippen molar-refractivity contribution >= 4 is 27.4 Å². The minimum atomic E-state index is 0.867. The SMILES string of the molecule is c1nc(N2CCc3nc[nH]c3C2)c2c3c(sc2n1)CCCC3. The zero-order valence-electron chi connectivity index (χ0n) is 12.3. The zero-order chi connectivity index (χ0) is 14.5. The molecular formula is C16H17N5S. The van der Waals surface area contributed by atoms with Gasteiger partial charge in [0, 0.05) is 17.8 Å². The van der Waals surface area contributed by atoms with Gasteiger partial charge in [0.2, 0.25) is 0 Å². The smallest absolute Gasteiger partial charge is 0.141 e. The van der Waals surface area contributed by atoms with Crippen molar-refractivity contribution in [3.63, 3.8) is 0 Å². The summed E-state index contributed by atoms with van der Waals surface area (Å²) in [4.78, 5) is 21.9. The number of rotatable bonds is 1. The van der Waals surface area contributed by atoms with Crippen LogP contribution in [-0.2, 0) is 25.8 Å². The molecular weight excluding hydrogens is 294 g/mol. The summed E-state index contributed by atoms with van der Waals surface area (Å²) in [6, 6.07) is 0. The Morgan fingerprint density at radius 3 is 3.05 bits per heavy atom. The molecule has 0 saturated heterocycles. The van der Waals surface area contributed by atoms with Crippen molar-refractivity contribution in [1.29, 1.82) is 0 Å². The minimum Gasteiger partial charge on any atom is -0.350 e. The Bertz CT molecular complexity index is 849. The number of anilines is 1. The second-order valence-electron chi connectivity index (χ2n) is 6.09. The van der Waals surface area contributed by atoms with Gasteiger partial charge in [-0.2, -0.15) is 0 Å². The summed E-state index contributed by atoms with van der Waals surface area (Å²) in [5.74, 6) is 1.12. The molecule has 0 bridgehead atoms. The maximum absolute atomic E-state index is 4.66. The Balaban J connectivity index is 1.64. The Labute approximate surface area is 132 Å². The van der Waals surface area contributed by atoms with E-state index in [1.165, 1.54) is 52.9 Å². The molecule has 0 radical (unpaired) electrons. The van der Waals surface area contributed by atoms with Crippen molar-refractivity contribution in [3.05, 3.63) is 34.5 Å². The van der Waals surface area contributed by atoms with Crippen molar-refractivity contribution in [2.75, 3.05) is 11.4 Å². The molecule has 1 aliphatic carbocycles. The fourth-order valence-electron chi connectivity index (χ4n) is 3.71. The lowest BCUT2D eigenvalue weighted by Gasteiger charge is -2.28. The van der Waals surface area contributed by atoms with Crippen LogP contribution in [0.1, 0.15) is 34.7 Å². The van der Waals surface area contributed by atoms with Gasteiger partial charge in [-0.15, -0.1) is 11.3 Å². The van der Waals surface area contributed by atoms with E-state index < -0.39 is 0 Å². The van der Waals surface area contributed by atoms with Gasteiger partial charge in [-0.25, -0.2) is 15.0 Å². The lowest BCUT2D eigenvalue weighted by atomic mass is 9.96. The number of aryl methyl sites for hydroxylation is 2. The first-order chi connectivity index (χ1) is 10.9. The Kier molecular flexibility index (Phi) is 2.73. The van der Waals surface area contributed by atoms with E-state index in [9.17, 15) is 0 Å². The summed E-state index contributed by atoms with van der Waals surface area (Å²) < 4.78 is 0. The summed E-state index contributed by atoms with van der Waals surface area (Å²) >= 11 is 1.87. The van der Waals surface area contributed by atoms with Crippen LogP contribution in [0, 0.1) is 0 Å². The predicted molar refractivity (Wildman–Crippen MR) is 87.4 cm³/mol. The predicted octanol–water partition coefficient (Wildman–Crippen LogP) is 2.86. The highest BCUT2D eigenvalue weighted by molar-refractivity contribution is 7.19. The lowest BCUT2D eigenvalue weighted by Crippen LogP contribution is -2.31. The molecule has 3 aromatic heterocycles. The van der Waals surface area contributed by atoms with Gasteiger partial charge < -0.3 is 9.88 Å². The molecule has 0 amide bonds. The number of fused-ring (bicyclic) bond motifs is 4. The minimum absolute atomic E-state index is 0.867. The molecule has 0 fully saturated rings. The number of nitrogens with zero attached hydrogens (tertiary/aromatic N) is 4. The van der Waals surface area contributed by atoms with E-state index in [4.69, 9.17) is 0 Å². The molecule has 112 valence electrons. The molecule has 22 heavy (non-hydrogen) atoms. The normalized spacial score (nSPS) is 17.5. The molecule has 1 aliphatic heterocycles. The molecule has 0 atom stereocenters. The topological polar surface area (TPSA) is 57.7 Å². The highest BCUT2D eigenvalue weighted by Gasteiger charge is 2.25. The Morgan fingerprint density at radius 1 is 1.09 bits per heavy atom. The average molecular weight is 311 g/mol. The maximum atomic E-state index is 4.66. The third-order valence-corrected chi connectivity index (χ3v) is 6.01. The summed E-state index contributed by atoms with van der Waals surface area (Å²) in [7, 11) is 0. The van der Waals surface area contributed by atoms with E-state index in [0.717, 1.165) is 30.2 Å². The van der Waals surface area contributed by atoms with Crippen LogP contribution < -0.4 is 4.90 Å². The first kappa shape index (κ1) is 12.6. The second kappa shape index (κ2) is 4.78. The molecule has 1 N–H and O–H groups in total. The summed E-state index contributed by atoms with van der Waals surface area (Å²) in [5.41, 5.74) is 3.94. The first-order valence-corrected chi connectivity index (χ1v) is 8.73. The van der Waals surface area contributed by atoms with E-state index >= 15 is 0 Å². The maximum Gasteiger partial charge on any atom is 0.141 e. The van der Waals surface area contributed by atoms with Crippen molar-refractivity contribution in [1.82, 2.24) is 19.9 Å². The monoisotopic (exact) mass is 311 g/mol. The van der Waals surface area contributed by atoms with E-state index in [1.807, 2.05) is 11.3 Å². The first-order valence-electron chi connectivity index (χ1n) is 7.91. The molecule has 2 aliphatic rings. The van der Waals surface area contributed by atoms with Gasteiger partial charge >= 0.3 is 0 Å². The molecule has 3 aromatic rings. The van der Waals surface area contributed by atoms with Gasteiger partial charge in [-0.3, -0.25) is 0 Å². The third kappa shape index (κ3) is 1.80. The molecule has 5 rings (SSSR count). The largest absolute Gasteiger partial charge is 0.350 e. The van der Waals surface area contributed by atoms with Crippen LogP contribution in [0.25, 0.3) is 10.2 Å². The van der Waals surface area contributed by atoms with Crippen LogP contribution in [-0.4, -0.2) is 26.5 Å². The number of aromatic amines is 1. The number of H-pyrrole nitrogens is 1. The van der Waals surface area contributed by atoms with Crippen LogP contribution in [0.4, 0.5) is 5.82 Å². The van der Waals surface area contributed by atoms with E-state index in [1.54, 1.807) is 12.7 Å². The van der Waals surface area contributed by atoms with Crippen LogP contribution in [0.2, 0.25) is 0 Å². The highest BCUT2D eigenvalue weighted by Crippen LogP contribution is 2.39. The molecule has 0 saturated carbocycles. The number of nitrogens with one attached hydrogen (secondary N) is 1. The van der Waals surface area contributed by atoms with Crippen molar-refractivity contribution < 1.29 is 0 Å². The summed E-state index contributed by atoms with van der Waals surface area (Å²) in [6.45, 7) is 1.85. The third-order valence-electron chi connectivity index (χ3n) is 4.81. The quantitative estimate of drug-likeness (QED) is 0.751. The number of imidazole rings is 1. The number of aromatic nitrogens is 4. The fraction of sp³-hybridized carbons (Fsp3) is 0.438. The summed E-state index contributed by atoms with van der Waals surface area (Å²) in [6.07, 6.45) is 9.50. The molecule has 0 unspecified atom stereocenters. The van der Waals surface area contributed by atoms with Gasteiger partial charge in [0.15, 0.2) is 0 Å². The Morgan fingerprint density at radius 2 is 2.05 bits per heavy atom. The highest BCUT2D eigenvalue weighted by atomic mass is 32.1. The van der Waals surface area contributed by atoms with Gasteiger partial charge in [-0.1, -0.05) is 0 Å². The lowest BCUT2D eigenvalue weighted by molar-refractivity contribution is 0.693. The average Bonchev–Trinajstić information content (AvgIpc) is 3.17. The van der Waals surface area contributed by atoms with Crippen molar-refractivity contribution in [3.8, 4) is 0 Å². The second-order valence-corrected chi connectivity index (χ2v) is 7.17. The van der Waals surface area contributed by atoms with Crippen LogP contribution in [0.5, 0.6) is 0 Å². The van der Waals surface area contributed by atoms with Crippen LogP contribution in [0.3, 0.4) is 0 Å². The van der Waals surface area contributed by atoms with Crippen molar-refractivity contribution in [2.45, 2.75) is 38.6 Å². The summed E-state index contributed by atoms with van der Waals surface area (Å²) in [5, 5.41) is 1.31. The molecule has 0 spiro atoms. The molecule has 4 heterocycles. The number of hydrogen-bond acceptors (Lipinski definition) is 5. The standard InChI is InChI=1S/C16H17N5S/c1-2-4-13-10(3-1)14-15(19-9-20-16(14)22-13)21-6-5-11-12(7-21)18-8-17-11/h8-9H,1-7H2,(H,17,18). The Hall–Kier alpha value is -1.95. The number of thiophene rings is 1. The van der Waals surface area contributed by atoms with E-state index in [-0.39, 0.29) is 0 Å². The van der Waals surface area contributed by atoms with E-state index in [0.29, 0.717) is 0 Å². The zero-order valence-corrected chi connectivity index (χ0v) is 13.1. The van der Waals surface area contributed by atoms with Crippen molar-refractivity contribution in [2.24, 2.45) is 0 Å². The number of hydrogen-bond donors (Lipinski definition) is 1. The van der Waals surface area contributed by atoms with Gasteiger partial charge in [0.25, 0.3) is 0 Å². The van der Waals surface area contributed by atoms with Crippen LogP contribution >= 0.6 is 11.3 Å². The van der Waals surface area contributed by atoms with Gasteiger partial charge in [0.05, 0.1) is 29.6 Å². The van der Waals surface area contributed by atoms with Gasteiger partial charge in [0.1, 0.15) is 17.0 Å². The molecule has 5 nitrogen and oxygen atoms in total. The van der Waals surface area contributed by atoms with Crippen LogP contribution in [0.15, 0.2) is 12.7 Å². The fourth-order valence-corrected chi connectivity index (χ4v) is 4.93.